The van der Waals surface area contributed by atoms with Crippen molar-refractivity contribution in [3.8, 4) is 0 Å². The van der Waals surface area contributed by atoms with Crippen LogP contribution in [0.3, 0.4) is 0 Å². The van der Waals surface area contributed by atoms with Gasteiger partial charge in [-0.15, -0.1) is 5.10 Å². The normalized spacial score (nSPS) is 9.33. The highest BCUT2D eigenvalue weighted by Gasteiger charge is 1.90. The van der Waals surface area contributed by atoms with E-state index in [1.54, 1.807) is 12.4 Å². The molecule has 0 fully saturated rings. The second-order valence-electron chi connectivity index (χ2n) is 1.67. The number of allylic oxidation sites excluding steroid dienone is 1. The van der Waals surface area contributed by atoms with Crippen LogP contribution in [0, 0.1) is 0 Å². The highest BCUT2D eigenvalue weighted by atomic mass is 16.3. The molecule has 1 N–H and O–H groups in total. The van der Waals surface area contributed by atoms with Crippen molar-refractivity contribution < 1.29 is 5.11 Å². The first kappa shape index (κ1) is 5.81. The van der Waals surface area contributed by atoms with Crippen LogP contribution in [0.1, 0.15) is 0 Å². The third-order valence-corrected chi connectivity index (χ3v) is 0.816. The third-order valence-electron chi connectivity index (χ3n) is 0.816. The summed E-state index contributed by atoms with van der Waals surface area (Å²) in [7, 11) is 0. The van der Waals surface area contributed by atoms with Crippen molar-refractivity contribution in [2.24, 2.45) is 0 Å². The highest BCUT2D eigenvalue weighted by molar-refractivity contribution is 4.79. The summed E-state index contributed by atoms with van der Waals surface area (Å²) in [5.74, 6) is 0.0838. The number of hydrogen-bond acceptors (Lipinski definition) is 3. The molecular weight excluding hydrogens is 118 g/mol. The first-order valence-corrected chi connectivity index (χ1v) is 2.50. The van der Waals surface area contributed by atoms with E-state index in [-0.39, 0.29) is 5.76 Å². The average molecular weight is 125 g/mol. The lowest BCUT2D eigenvalue weighted by Crippen LogP contribution is -2.00. The van der Waals surface area contributed by atoms with Gasteiger partial charge in [-0.25, -0.2) is 4.68 Å². The molecule has 0 atom stereocenters. The molecular formula is C5H7N3O. The standard InChI is InChI=1S/C5H7N3O/c1-5(9)4-8-3-2-6-7-8/h2-3,9H,1,4H2. The number of rotatable bonds is 2. The summed E-state index contributed by atoms with van der Waals surface area (Å²) in [5, 5.41) is 15.8. The summed E-state index contributed by atoms with van der Waals surface area (Å²) in [6.45, 7) is 3.62. The zero-order valence-corrected chi connectivity index (χ0v) is 4.86. The highest BCUT2D eigenvalue weighted by Crippen LogP contribution is 1.87. The van der Waals surface area contributed by atoms with E-state index in [2.05, 4.69) is 16.9 Å². The molecule has 0 aliphatic rings. The predicted molar refractivity (Wildman–Crippen MR) is 31.8 cm³/mol. The van der Waals surface area contributed by atoms with Crippen LogP contribution in [0.15, 0.2) is 24.7 Å². The zero-order chi connectivity index (χ0) is 6.69. The average Bonchev–Trinajstić information content (AvgIpc) is 2.15. The van der Waals surface area contributed by atoms with Gasteiger partial charge in [0.15, 0.2) is 0 Å². The maximum Gasteiger partial charge on any atom is 0.107 e. The summed E-state index contributed by atoms with van der Waals surface area (Å²) in [4.78, 5) is 0. The van der Waals surface area contributed by atoms with Crippen LogP contribution < -0.4 is 0 Å². The molecule has 48 valence electrons. The van der Waals surface area contributed by atoms with E-state index in [0.717, 1.165) is 0 Å². The topological polar surface area (TPSA) is 50.9 Å². The molecule has 0 aromatic carbocycles. The molecule has 0 bridgehead atoms. The lowest BCUT2D eigenvalue weighted by molar-refractivity contribution is 0.368. The number of aliphatic hydroxyl groups excluding tert-OH is 1. The lowest BCUT2D eigenvalue weighted by Gasteiger charge is -1.94. The van der Waals surface area contributed by atoms with Crippen molar-refractivity contribution in [2.45, 2.75) is 6.54 Å². The van der Waals surface area contributed by atoms with Crippen LogP contribution in [0.5, 0.6) is 0 Å². The first-order chi connectivity index (χ1) is 4.29. The van der Waals surface area contributed by atoms with E-state index < -0.39 is 0 Å². The minimum atomic E-state index is 0.0838. The summed E-state index contributed by atoms with van der Waals surface area (Å²) in [6, 6.07) is 0. The number of hydrogen-bond donors (Lipinski definition) is 1. The van der Waals surface area contributed by atoms with Crippen LogP contribution in [0.2, 0.25) is 0 Å². The van der Waals surface area contributed by atoms with Crippen molar-refractivity contribution in [1.82, 2.24) is 15.0 Å². The number of aromatic nitrogens is 3. The Morgan fingerprint density at radius 2 is 2.56 bits per heavy atom. The van der Waals surface area contributed by atoms with Gasteiger partial charge in [-0.05, 0) is 0 Å². The molecule has 0 aliphatic heterocycles. The predicted octanol–water partition coefficient (Wildman–Crippen LogP) is 0.350. The Morgan fingerprint density at radius 3 is 3.00 bits per heavy atom. The molecule has 4 nitrogen and oxygen atoms in total. The molecule has 1 heterocycles. The van der Waals surface area contributed by atoms with Crippen LogP contribution >= 0.6 is 0 Å². The Balaban J connectivity index is 2.58. The van der Waals surface area contributed by atoms with Crippen molar-refractivity contribution in [3.05, 3.63) is 24.7 Å². The number of aliphatic hydroxyl groups is 1. The largest absolute Gasteiger partial charge is 0.511 e. The minimum Gasteiger partial charge on any atom is -0.511 e. The summed E-state index contributed by atoms with van der Waals surface area (Å²) in [6.07, 6.45) is 3.20. The van der Waals surface area contributed by atoms with Crippen LogP contribution in [-0.4, -0.2) is 20.1 Å². The van der Waals surface area contributed by atoms with Gasteiger partial charge in [-0.2, -0.15) is 0 Å². The lowest BCUT2D eigenvalue weighted by atomic mass is 10.6. The van der Waals surface area contributed by atoms with Crippen molar-refractivity contribution in [2.75, 3.05) is 0 Å². The zero-order valence-electron chi connectivity index (χ0n) is 4.86. The molecule has 1 rings (SSSR count). The Kier molecular flexibility index (Phi) is 1.48. The monoisotopic (exact) mass is 125 g/mol. The second-order valence-corrected chi connectivity index (χ2v) is 1.67. The number of nitrogens with zero attached hydrogens (tertiary/aromatic N) is 3. The van der Waals surface area contributed by atoms with Gasteiger partial charge < -0.3 is 5.11 Å². The Bertz CT molecular complexity index is 192. The molecule has 0 amide bonds. The summed E-state index contributed by atoms with van der Waals surface area (Å²) < 4.78 is 1.49. The minimum absolute atomic E-state index is 0.0838. The van der Waals surface area contributed by atoms with Gasteiger partial charge in [-0.3, -0.25) is 0 Å². The molecule has 0 unspecified atom stereocenters. The van der Waals surface area contributed by atoms with Crippen molar-refractivity contribution in [3.63, 3.8) is 0 Å². The SMILES string of the molecule is C=C(O)Cn1ccnn1. The van der Waals surface area contributed by atoms with Gasteiger partial charge in [-0.1, -0.05) is 11.8 Å². The quantitative estimate of drug-likeness (QED) is 0.580. The molecule has 0 aliphatic carbocycles. The van der Waals surface area contributed by atoms with Crippen molar-refractivity contribution >= 4 is 0 Å². The van der Waals surface area contributed by atoms with Gasteiger partial charge >= 0.3 is 0 Å². The van der Waals surface area contributed by atoms with Crippen molar-refractivity contribution in [1.29, 1.82) is 0 Å². The Morgan fingerprint density at radius 1 is 1.78 bits per heavy atom. The molecule has 0 saturated carbocycles. The van der Waals surface area contributed by atoms with Crippen LogP contribution in [-0.2, 0) is 6.54 Å². The summed E-state index contributed by atoms with van der Waals surface area (Å²) in [5.41, 5.74) is 0. The van der Waals surface area contributed by atoms with E-state index in [1.807, 2.05) is 0 Å². The molecule has 0 radical (unpaired) electrons. The molecule has 9 heavy (non-hydrogen) atoms. The fraction of sp³-hybridized carbons (Fsp3) is 0.200. The molecule has 0 saturated heterocycles. The Labute approximate surface area is 52.4 Å². The molecule has 0 spiro atoms. The third kappa shape index (κ3) is 1.56. The van der Waals surface area contributed by atoms with E-state index in [0.29, 0.717) is 6.54 Å². The second kappa shape index (κ2) is 2.30. The fourth-order valence-electron chi connectivity index (χ4n) is 0.504. The van der Waals surface area contributed by atoms with Gasteiger partial charge in [0.25, 0.3) is 0 Å². The van der Waals surface area contributed by atoms with E-state index in [4.69, 9.17) is 5.11 Å². The van der Waals surface area contributed by atoms with E-state index in [9.17, 15) is 0 Å². The van der Waals surface area contributed by atoms with Crippen LogP contribution in [0.4, 0.5) is 0 Å². The van der Waals surface area contributed by atoms with Gasteiger partial charge in [0.1, 0.15) is 5.76 Å². The summed E-state index contributed by atoms with van der Waals surface area (Å²) >= 11 is 0. The fourth-order valence-corrected chi connectivity index (χ4v) is 0.504. The van der Waals surface area contributed by atoms with Crippen LogP contribution in [0.25, 0.3) is 0 Å². The Hall–Kier alpha value is -1.32. The van der Waals surface area contributed by atoms with Gasteiger partial charge in [0.05, 0.1) is 12.7 Å². The van der Waals surface area contributed by atoms with Gasteiger partial charge in [0.2, 0.25) is 0 Å². The maximum absolute atomic E-state index is 8.64. The molecule has 1 aromatic heterocycles. The molecule has 1 aromatic rings. The van der Waals surface area contributed by atoms with E-state index in [1.165, 1.54) is 4.68 Å². The van der Waals surface area contributed by atoms with E-state index >= 15 is 0 Å². The maximum atomic E-state index is 8.64. The first-order valence-electron chi connectivity index (χ1n) is 2.50. The van der Waals surface area contributed by atoms with Gasteiger partial charge in [0, 0.05) is 6.20 Å². The molecule has 4 heteroatoms. The smallest absolute Gasteiger partial charge is 0.107 e.